The molecular formula is C32H40N4O3. The van der Waals surface area contributed by atoms with Crippen LogP contribution < -0.4 is 11.1 Å². The quantitative estimate of drug-likeness (QED) is 0.370. The molecule has 0 bridgehead atoms. The summed E-state index contributed by atoms with van der Waals surface area (Å²) in [6.07, 6.45) is 4.38. The maximum absolute atomic E-state index is 13.6. The molecule has 0 aromatic heterocycles. The van der Waals surface area contributed by atoms with Crippen LogP contribution in [-0.4, -0.2) is 66.3 Å². The first-order valence-corrected chi connectivity index (χ1v) is 13.2. The number of hydrogen-bond donors (Lipinski definition) is 2. The van der Waals surface area contributed by atoms with Crippen molar-refractivity contribution in [3.63, 3.8) is 0 Å². The molecule has 3 N–H and O–H groups in total. The molecule has 0 fully saturated rings. The normalized spacial score (nSPS) is 13.4. The topological polar surface area (TPSA) is 95.7 Å². The Hall–Kier alpha value is -3.81. The molecule has 0 aliphatic heterocycles. The SMILES string of the molecule is CN(C)[C@H](Cc1ccccc1)C(=O)NC(=O)[C@@H](Cc1ccc2ccccc2c1)N(C)C(=O)C=CCC(C)(C)N. The third kappa shape index (κ3) is 8.87. The van der Waals surface area contributed by atoms with Gasteiger partial charge in [0, 0.05) is 19.0 Å². The number of carbonyl (C=O) groups excluding carboxylic acids is 3. The number of rotatable bonds is 11. The van der Waals surface area contributed by atoms with Crippen LogP contribution in [0.2, 0.25) is 0 Å². The molecule has 206 valence electrons. The van der Waals surface area contributed by atoms with Gasteiger partial charge in [-0.2, -0.15) is 0 Å². The molecule has 0 unspecified atom stereocenters. The van der Waals surface area contributed by atoms with E-state index in [1.54, 1.807) is 18.0 Å². The largest absolute Gasteiger partial charge is 0.330 e. The standard InChI is InChI=1S/C32H40N4O3/c1-32(2,33)19-11-16-29(37)36(5)28(22-24-17-18-25-14-9-10-15-26(25)20-24)31(39)34-30(38)27(35(3)4)21-23-12-7-6-8-13-23/h6-18,20,27-28H,19,21-22,33H2,1-5H3,(H,34,38,39)/t27-,28-/m1/s1. The van der Waals surface area contributed by atoms with E-state index in [1.807, 2.05) is 101 Å². The number of likely N-dealkylation sites (N-methyl/N-ethyl adjacent to an activating group) is 2. The van der Waals surface area contributed by atoms with E-state index in [4.69, 9.17) is 5.73 Å². The van der Waals surface area contributed by atoms with Gasteiger partial charge in [0.2, 0.25) is 17.7 Å². The Bertz CT molecular complexity index is 1310. The number of hydrogen-bond acceptors (Lipinski definition) is 5. The average molecular weight is 529 g/mol. The second kappa shape index (κ2) is 13.3. The molecule has 0 aliphatic rings. The zero-order valence-corrected chi connectivity index (χ0v) is 23.6. The number of amides is 3. The summed E-state index contributed by atoms with van der Waals surface area (Å²) in [5, 5.41) is 4.73. The third-order valence-electron chi connectivity index (χ3n) is 6.71. The first-order chi connectivity index (χ1) is 18.4. The highest BCUT2D eigenvalue weighted by Crippen LogP contribution is 2.18. The first-order valence-electron chi connectivity index (χ1n) is 13.2. The van der Waals surface area contributed by atoms with E-state index in [-0.39, 0.29) is 12.3 Å². The summed E-state index contributed by atoms with van der Waals surface area (Å²) >= 11 is 0. The zero-order valence-electron chi connectivity index (χ0n) is 23.6. The molecule has 7 nitrogen and oxygen atoms in total. The fourth-order valence-corrected chi connectivity index (χ4v) is 4.36. The van der Waals surface area contributed by atoms with Crippen LogP contribution in [0.25, 0.3) is 10.8 Å². The molecule has 3 aromatic rings. The number of benzene rings is 3. The lowest BCUT2D eigenvalue weighted by molar-refractivity contribution is -0.140. The van der Waals surface area contributed by atoms with Crippen molar-refractivity contribution in [1.82, 2.24) is 15.1 Å². The molecule has 0 saturated heterocycles. The highest BCUT2D eigenvalue weighted by Gasteiger charge is 2.30. The molecular weight excluding hydrogens is 488 g/mol. The number of carbonyl (C=O) groups is 3. The van der Waals surface area contributed by atoms with Crippen molar-refractivity contribution in [3.05, 3.63) is 96.1 Å². The van der Waals surface area contributed by atoms with E-state index in [0.29, 0.717) is 12.8 Å². The van der Waals surface area contributed by atoms with Crippen LogP contribution in [0.1, 0.15) is 31.4 Å². The van der Waals surface area contributed by atoms with E-state index >= 15 is 0 Å². The molecule has 2 atom stereocenters. The van der Waals surface area contributed by atoms with Gasteiger partial charge in [0.15, 0.2) is 0 Å². The predicted octanol–water partition coefficient (Wildman–Crippen LogP) is 3.71. The Balaban J connectivity index is 1.84. The molecule has 7 heteroatoms. The lowest BCUT2D eigenvalue weighted by Crippen LogP contribution is -2.54. The summed E-state index contributed by atoms with van der Waals surface area (Å²) in [5.41, 5.74) is 7.46. The fraction of sp³-hybridized carbons (Fsp3) is 0.344. The average Bonchev–Trinajstić information content (AvgIpc) is 2.89. The summed E-state index contributed by atoms with van der Waals surface area (Å²) in [5.74, 6) is -1.25. The lowest BCUT2D eigenvalue weighted by atomic mass is 9.99. The second-order valence-corrected chi connectivity index (χ2v) is 11.0. The van der Waals surface area contributed by atoms with Crippen LogP contribution in [0.3, 0.4) is 0 Å². The maximum atomic E-state index is 13.6. The van der Waals surface area contributed by atoms with Gasteiger partial charge in [-0.3, -0.25) is 24.6 Å². The fourth-order valence-electron chi connectivity index (χ4n) is 4.36. The summed E-state index contributed by atoms with van der Waals surface area (Å²) in [7, 11) is 5.21. The Kier molecular flexibility index (Phi) is 10.2. The van der Waals surface area contributed by atoms with E-state index in [9.17, 15) is 14.4 Å². The van der Waals surface area contributed by atoms with Crippen molar-refractivity contribution < 1.29 is 14.4 Å². The molecule has 3 rings (SSSR count). The van der Waals surface area contributed by atoms with Crippen molar-refractivity contribution in [2.75, 3.05) is 21.1 Å². The summed E-state index contributed by atoms with van der Waals surface area (Å²) in [6.45, 7) is 3.76. The Morgan fingerprint density at radius 3 is 2.05 bits per heavy atom. The second-order valence-electron chi connectivity index (χ2n) is 11.0. The van der Waals surface area contributed by atoms with Gasteiger partial charge in [-0.1, -0.05) is 78.9 Å². The van der Waals surface area contributed by atoms with Crippen LogP contribution in [0.4, 0.5) is 0 Å². The van der Waals surface area contributed by atoms with Crippen LogP contribution in [0.5, 0.6) is 0 Å². The number of fused-ring (bicyclic) bond motifs is 1. The van der Waals surface area contributed by atoms with Gasteiger partial charge in [-0.05, 0) is 68.8 Å². The minimum atomic E-state index is -0.891. The molecule has 0 saturated carbocycles. The molecule has 3 amide bonds. The van der Waals surface area contributed by atoms with Crippen LogP contribution in [-0.2, 0) is 27.2 Å². The minimum Gasteiger partial charge on any atom is -0.330 e. The van der Waals surface area contributed by atoms with Gasteiger partial charge in [0.25, 0.3) is 0 Å². The van der Waals surface area contributed by atoms with Gasteiger partial charge in [0.1, 0.15) is 6.04 Å². The van der Waals surface area contributed by atoms with Crippen LogP contribution in [0.15, 0.2) is 84.9 Å². The van der Waals surface area contributed by atoms with Crippen molar-refractivity contribution >= 4 is 28.5 Å². The van der Waals surface area contributed by atoms with E-state index in [1.165, 1.54) is 11.0 Å². The monoisotopic (exact) mass is 528 g/mol. The molecule has 0 heterocycles. The smallest absolute Gasteiger partial charge is 0.249 e. The molecule has 39 heavy (non-hydrogen) atoms. The third-order valence-corrected chi connectivity index (χ3v) is 6.71. The van der Waals surface area contributed by atoms with Gasteiger partial charge in [-0.25, -0.2) is 0 Å². The highest BCUT2D eigenvalue weighted by molar-refractivity contribution is 6.02. The molecule has 0 radical (unpaired) electrons. The van der Waals surface area contributed by atoms with Crippen LogP contribution in [0, 0.1) is 0 Å². The number of nitrogens with two attached hydrogens (primary N) is 1. The van der Waals surface area contributed by atoms with Crippen molar-refractivity contribution in [3.8, 4) is 0 Å². The van der Waals surface area contributed by atoms with Gasteiger partial charge in [0.05, 0.1) is 6.04 Å². The number of imide groups is 1. The van der Waals surface area contributed by atoms with Crippen molar-refractivity contribution in [1.29, 1.82) is 0 Å². The highest BCUT2D eigenvalue weighted by atomic mass is 16.2. The Morgan fingerprint density at radius 1 is 0.821 bits per heavy atom. The summed E-state index contributed by atoms with van der Waals surface area (Å²) in [6, 6.07) is 22.2. The molecule has 0 spiro atoms. The van der Waals surface area contributed by atoms with Crippen molar-refractivity contribution in [2.24, 2.45) is 5.73 Å². The molecule has 3 aromatic carbocycles. The van der Waals surface area contributed by atoms with E-state index in [0.717, 1.165) is 21.9 Å². The van der Waals surface area contributed by atoms with E-state index < -0.39 is 29.4 Å². The number of nitrogens with one attached hydrogen (secondary N) is 1. The first kappa shape index (κ1) is 29.7. The van der Waals surface area contributed by atoms with Crippen molar-refractivity contribution in [2.45, 2.75) is 50.7 Å². The van der Waals surface area contributed by atoms with E-state index in [2.05, 4.69) is 5.32 Å². The Morgan fingerprint density at radius 2 is 1.41 bits per heavy atom. The van der Waals surface area contributed by atoms with Gasteiger partial charge in [-0.15, -0.1) is 0 Å². The Labute approximate surface area is 231 Å². The van der Waals surface area contributed by atoms with Crippen LogP contribution >= 0.6 is 0 Å². The maximum Gasteiger partial charge on any atom is 0.249 e. The predicted molar refractivity (Wildman–Crippen MR) is 157 cm³/mol. The minimum absolute atomic E-state index is 0.258. The zero-order chi connectivity index (χ0) is 28.6. The van der Waals surface area contributed by atoms with Gasteiger partial charge >= 0.3 is 0 Å². The summed E-state index contributed by atoms with van der Waals surface area (Å²) < 4.78 is 0. The van der Waals surface area contributed by atoms with Gasteiger partial charge < -0.3 is 10.6 Å². The summed E-state index contributed by atoms with van der Waals surface area (Å²) in [4.78, 5) is 43.1. The lowest BCUT2D eigenvalue weighted by Gasteiger charge is -2.28. The number of nitrogens with zero attached hydrogens (tertiary/aromatic N) is 2. The molecule has 0 aliphatic carbocycles.